The van der Waals surface area contributed by atoms with Crippen molar-refractivity contribution in [2.24, 2.45) is 5.92 Å². The van der Waals surface area contributed by atoms with Gasteiger partial charge in [-0.2, -0.15) is 0 Å². The molecule has 2 aromatic rings. The summed E-state index contributed by atoms with van der Waals surface area (Å²) in [5, 5.41) is 11.7. The van der Waals surface area contributed by atoms with E-state index in [0.29, 0.717) is 18.0 Å². The highest BCUT2D eigenvalue weighted by molar-refractivity contribution is 7.39. The minimum atomic E-state index is -0.523. The van der Waals surface area contributed by atoms with Crippen molar-refractivity contribution in [3.05, 3.63) is 21.9 Å². The van der Waals surface area contributed by atoms with Crippen molar-refractivity contribution < 1.29 is 19.4 Å². The summed E-state index contributed by atoms with van der Waals surface area (Å²) in [5.74, 6) is 0.136. The number of amides is 1. The summed E-state index contributed by atoms with van der Waals surface area (Å²) in [5.41, 5.74) is -0.490. The fourth-order valence-corrected chi connectivity index (χ4v) is 5.41. The second-order valence-corrected chi connectivity index (χ2v) is 9.83. The van der Waals surface area contributed by atoms with Gasteiger partial charge in [-0.25, -0.2) is 4.79 Å². The quantitative estimate of drug-likeness (QED) is 0.798. The number of piperidine rings is 1. The molecule has 0 aromatic carbocycles. The van der Waals surface area contributed by atoms with Crippen LogP contribution in [0.2, 0.25) is 0 Å². The predicted octanol–water partition coefficient (Wildman–Crippen LogP) is 4.46. The van der Waals surface area contributed by atoms with E-state index in [1.807, 2.05) is 32.9 Å². The third-order valence-electron chi connectivity index (χ3n) is 4.30. The number of aliphatic hydroxyl groups is 1. The van der Waals surface area contributed by atoms with Crippen molar-refractivity contribution in [3.63, 3.8) is 0 Å². The fourth-order valence-electron chi connectivity index (χ4n) is 3.04. The number of nitrogens with zero attached hydrogens (tertiary/aromatic N) is 1. The Morgan fingerprint density at radius 3 is 2.56 bits per heavy atom. The van der Waals surface area contributed by atoms with Crippen molar-refractivity contribution in [3.8, 4) is 0 Å². The Balaban J connectivity index is 1.60. The maximum Gasteiger partial charge on any atom is 0.410 e. The molecule has 1 unspecified atom stereocenters. The van der Waals surface area contributed by atoms with Crippen LogP contribution in [0.1, 0.15) is 54.3 Å². The van der Waals surface area contributed by atoms with E-state index in [4.69, 9.17) is 4.74 Å². The van der Waals surface area contributed by atoms with Crippen LogP contribution in [0.4, 0.5) is 4.79 Å². The molecule has 0 radical (unpaired) electrons. The van der Waals surface area contributed by atoms with Crippen LogP contribution in [0.3, 0.4) is 0 Å². The van der Waals surface area contributed by atoms with E-state index in [1.54, 1.807) is 16.2 Å². The molecule has 1 aliphatic heterocycles. The van der Waals surface area contributed by atoms with Gasteiger partial charge in [0.1, 0.15) is 5.60 Å². The lowest BCUT2D eigenvalue weighted by molar-refractivity contribution is 0.00810. The second kappa shape index (κ2) is 7.05. The molecule has 1 atom stereocenters. The molecular formula is C18H23NO4S2. The summed E-state index contributed by atoms with van der Waals surface area (Å²) in [7, 11) is 0. The van der Waals surface area contributed by atoms with E-state index in [1.165, 1.54) is 11.3 Å². The Hall–Kier alpha value is -1.44. The molecule has 1 amide bonds. The molecule has 0 saturated carbocycles. The Morgan fingerprint density at radius 2 is 2.00 bits per heavy atom. The van der Waals surface area contributed by atoms with E-state index in [-0.39, 0.29) is 12.0 Å². The lowest BCUT2D eigenvalue weighted by Crippen LogP contribution is -2.42. The van der Waals surface area contributed by atoms with Crippen molar-refractivity contribution >= 4 is 44.5 Å². The summed E-state index contributed by atoms with van der Waals surface area (Å²) in [6.45, 7) is 6.79. The Morgan fingerprint density at radius 1 is 1.32 bits per heavy atom. The smallest absolute Gasteiger partial charge is 0.410 e. The van der Waals surface area contributed by atoms with E-state index in [9.17, 15) is 14.7 Å². The molecule has 5 nitrogen and oxygen atoms in total. The number of thiophene rings is 2. The van der Waals surface area contributed by atoms with Crippen LogP contribution in [0.5, 0.6) is 0 Å². The fraction of sp³-hybridized carbons (Fsp3) is 0.556. The third kappa shape index (κ3) is 4.22. The van der Waals surface area contributed by atoms with Crippen LogP contribution < -0.4 is 0 Å². The van der Waals surface area contributed by atoms with Gasteiger partial charge in [0.25, 0.3) is 0 Å². The molecule has 0 aliphatic carbocycles. The average molecular weight is 382 g/mol. The first kappa shape index (κ1) is 18.4. The SMILES string of the molecule is CC(C)(C)OC(=O)N1CCC(C(O)c2cc3cc(C=O)sc3s2)CC1. The zero-order chi connectivity index (χ0) is 18.2. The Labute approximate surface area is 155 Å². The van der Waals surface area contributed by atoms with Crippen LogP contribution in [-0.2, 0) is 4.74 Å². The maximum absolute atomic E-state index is 12.1. The standard InChI is InChI=1S/C18H23NO4S2/c1-18(2,3)23-17(22)19-6-4-11(5-7-19)15(21)14-9-12-8-13(10-20)24-16(12)25-14/h8-11,15,21H,4-7H2,1-3H3. The van der Waals surface area contributed by atoms with Gasteiger partial charge in [-0.3, -0.25) is 4.79 Å². The van der Waals surface area contributed by atoms with Gasteiger partial charge in [0.05, 0.1) is 15.0 Å². The van der Waals surface area contributed by atoms with Gasteiger partial charge in [0.2, 0.25) is 0 Å². The van der Waals surface area contributed by atoms with Gasteiger partial charge >= 0.3 is 6.09 Å². The molecule has 0 spiro atoms. The minimum Gasteiger partial charge on any atom is -0.444 e. The van der Waals surface area contributed by atoms with Gasteiger partial charge in [-0.1, -0.05) is 0 Å². The summed E-state index contributed by atoms with van der Waals surface area (Å²) in [6.07, 6.45) is 1.57. The number of aldehydes is 1. The van der Waals surface area contributed by atoms with E-state index in [0.717, 1.165) is 33.4 Å². The molecule has 136 valence electrons. The van der Waals surface area contributed by atoms with Crippen molar-refractivity contribution in [2.75, 3.05) is 13.1 Å². The number of carbonyl (C=O) groups is 2. The van der Waals surface area contributed by atoms with Crippen LogP contribution in [0, 0.1) is 5.92 Å². The number of likely N-dealkylation sites (tertiary alicyclic amines) is 1. The number of hydrogen-bond donors (Lipinski definition) is 1. The van der Waals surface area contributed by atoms with Crippen LogP contribution in [0.15, 0.2) is 12.1 Å². The molecule has 0 bridgehead atoms. The van der Waals surface area contributed by atoms with Gasteiger partial charge in [0.15, 0.2) is 6.29 Å². The number of aliphatic hydroxyl groups excluding tert-OH is 1. The Bertz CT molecular complexity index is 734. The lowest BCUT2D eigenvalue weighted by atomic mass is 9.90. The molecule has 1 aliphatic rings. The van der Waals surface area contributed by atoms with Crippen molar-refractivity contribution in [1.29, 1.82) is 0 Å². The number of fused-ring (bicyclic) bond motifs is 1. The summed E-state index contributed by atoms with van der Waals surface area (Å²) < 4.78 is 6.48. The van der Waals surface area contributed by atoms with E-state index in [2.05, 4.69) is 0 Å². The van der Waals surface area contributed by atoms with Crippen LogP contribution in [0.25, 0.3) is 9.40 Å². The average Bonchev–Trinajstić information content (AvgIpc) is 3.11. The summed E-state index contributed by atoms with van der Waals surface area (Å²) in [6, 6.07) is 3.85. The molecule has 7 heteroatoms. The normalized spacial score (nSPS) is 17.7. The van der Waals surface area contributed by atoms with Crippen LogP contribution >= 0.6 is 22.7 Å². The zero-order valence-electron chi connectivity index (χ0n) is 14.7. The molecule has 1 N–H and O–H groups in total. The number of carbonyl (C=O) groups excluding carboxylic acids is 2. The number of ether oxygens (including phenoxy) is 1. The monoisotopic (exact) mass is 381 g/mol. The minimum absolute atomic E-state index is 0.136. The zero-order valence-corrected chi connectivity index (χ0v) is 16.3. The molecule has 3 heterocycles. The maximum atomic E-state index is 12.1. The van der Waals surface area contributed by atoms with Crippen molar-refractivity contribution in [1.82, 2.24) is 4.90 Å². The van der Waals surface area contributed by atoms with Gasteiger partial charge in [-0.15, -0.1) is 22.7 Å². The third-order valence-corrected chi connectivity index (χ3v) is 6.68. The van der Waals surface area contributed by atoms with Gasteiger partial charge in [0, 0.05) is 23.4 Å². The highest BCUT2D eigenvalue weighted by Gasteiger charge is 2.31. The Kier molecular flexibility index (Phi) is 5.18. The highest BCUT2D eigenvalue weighted by Crippen LogP contribution is 2.40. The highest BCUT2D eigenvalue weighted by atomic mass is 32.2. The lowest BCUT2D eigenvalue weighted by Gasteiger charge is -2.35. The summed E-state index contributed by atoms with van der Waals surface area (Å²) in [4.78, 5) is 26.3. The molecule has 3 rings (SSSR count). The number of rotatable bonds is 3. The molecule has 1 saturated heterocycles. The van der Waals surface area contributed by atoms with Gasteiger partial charge in [-0.05, 0) is 51.7 Å². The van der Waals surface area contributed by atoms with Crippen LogP contribution in [-0.4, -0.2) is 41.1 Å². The molecule has 25 heavy (non-hydrogen) atoms. The number of hydrogen-bond acceptors (Lipinski definition) is 6. The molecular weight excluding hydrogens is 358 g/mol. The van der Waals surface area contributed by atoms with E-state index < -0.39 is 11.7 Å². The second-order valence-electron chi connectivity index (χ2n) is 7.41. The molecule has 1 fully saturated rings. The van der Waals surface area contributed by atoms with Gasteiger partial charge < -0.3 is 14.7 Å². The van der Waals surface area contributed by atoms with E-state index >= 15 is 0 Å². The van der Waals surface area contributed by atoms with Crippen molar-refractivity contribution in [2.45, 2.75) is 45.3 Å². The topological polar surface area (TPSA) is 66.8 Å². The summed E-state index contributed by atoms with van der Waals surface area (Å²) >= 11 is 3.02. The predicted molar refractivity (Wildman–Crippen MR) is 101 cm³/mol. The first-order chi connectivity index (χ1) is 11.8. The largest absolute Gasteiger partial charge is 0.444 e. The molecule has 2 aromatic heterocycles. The first-order valence-electron chi connectivity index (χ1n) is 8.41. The first-order valence-corrected chi connectivity index (χ1v) is 10.0.